The van der Waals surface area contributed by atoms with Gasteiger partial charge in [0.1, 0.15) is 0 Å². The van der Waals surface area contributed by atoms with Crippen LogP contribution in [0, 0.1) is 0 Å². The minimum absolute atomic E-state index is 0.0676. The fourth-order valence-corrected chi connectivity index (χ4v) is 6.48. The van der Waals surface area contributed by atoms with Crippen LogP contribution < -0.4 is 10.2 Å². The largest absolute Gasteiger partial charge is 0.369 e. The Hall–Kier alpha value is -2.42. The van der Waals surface area contributed by atoms with Crippen LogP contribution in [0.1, 0.15) is 48.9 Å². The molecule has 0 unspecified atom stereocenters. The van der Waals surface area contributed by atoms with E-state index in [0.29, 0.717) is 12.1 Å². The van der Waals surface area contributed by atoms with Crippen LogP contribution in [-0.2, 0) is 10.0 Å². The van der Waals surface area contributed by atoms with Crippen molar-refractivity contribution in [2.45, 2.75) is 49.5 Å². The van der Waals surface area contributed by atoms with Crippen molar-refractivity contribution in [3.8, 4) is 0 Å². The summed E-state index contributed by atoms with van der Waals surface area (Å²) in [6.07, 6.45) is 6.05. The third-order valence-corrected chi connectivity index (χ3v) is 9.24. The summed E-state index contributed by atoms with van der Waals surface area (Å²) in [6, 6.07) is 16.9. The first kappa shape index (κ1) is 25.7. The van der Waals surface area contributed by atoms with Gasteiger partial charge >= 0.3 is 0 Å². The number of carbonyl (C=O) groups is 1. The van der Waals surface area contributed by atoms with Crippen LogP contribution in [0.4, 0.5) is 5.69 Å². The Bertz CT molecular complexity index is 1050. The second-order valence-corrected chi connectivity index (χ2v) is 11.6. The molecule has 8 heteroatoms. The van der Waals surface area contributed by atoms with Gasteiger partial charge in [0.15, 0.2) is 0 Å². The van der Waals surface area contributed by atoms with Crippen LogP contribution in [0.15, 0.2) is 59.5 Å². The Morgan fingerprint density at radius 2 is 1.60 bits per heavy atom. The quantitative estimate of drug-likeness (QED) is 0.535. The molecule has 1 aliphatic carbocycles. The van der Waals surface area contributed by atoms with E-state index >= 15 is 0 Å². The third kappa shape index (κ3) is 6.63. The molecule has 0 aromatic heterocycles. The average Bonchev–Trinajstić information content (AvgIpc) is 2.92. The van der Waals surface area contributed by atoms with Gasteiger partial charge in [-0.1, -0.05) is 37.5 Å². The molecule has 7 nitrogen and oxygen atoms in total. The van der Waals surface area contributed by atoms with E-state index in [4.69, 9.17) is 0 Å². The molecule has 2 aromatic rings. The number of para-hydroxylation sites is 1. The standard InChI is InChI=1S/C27H38N4O3S/c1-29(24-9-4-2-5-10-24)35(33,34)26-15-13-23(14-16-26)27(32)28-17-8-18-30-19-21-31(22-20-30)25-11-6-3-7-12-25/h3,6-7,11-16,24H,2,4-5,8-10,17-22H2,1H3,(H,28,32). The van der Waals surface area contributed by atoms with Crippen molar-refractivity contribution in [2.24, 2.45) is 0 Å². The number of piperazine rings is 1. The van der Waals surface area contributed by atoms with E-state index in [-0.39, 0.29) is 16.8 Å². The van der Waals surface area contributed by atoms with Gasteiger partial charge in [-0.05, 0) is 62.2 Å². The van der Waals surface area contributed by atoms with Crippen LogP contribution >= 0.6 is 0 Å². The second kappa shape index (κ2) is 12.0. The lowest BCUT2D eigenvalue weighted by Crippen LogP contribution is -2.47. The van der Waals surface area contributed by atoms with Crippen LogP contribution in [0.2, 0.25) is 0 Å². The molecule has 2 aromatic carbocycles. The highest BCUT2D eigenvalue weighted by molar-refractivity contribution is 7.89. The number of rotatable bonds is 9. The number of amides is 1. The van der Waals surface area contributed by atoms with Gasteiger partial charge in [-0.25, -0.2) is 8.42 Å². The third-order valence-electron chi connectivity index (χ3n) is 7.31. The lowest BCUT2D eigenvalue weighted by atomic mass is 9.96. The first-order chi connectivity index (χ1) is 16.9. The summed E-state index contributed by atoms with van der Waals surface area (Å²) in [4.78, 5) is 17.6. The van der Waals surface area contributed by atoms with Crippen molar-refractivity contribution in [1.29, 1.82) is 0 Å². The first-order valence-corrected chi connectivity index (χ1v) is 14.3. The SMILES string of the molecule is CN(C1CCCCC1)S(=O)(=O)c1ccc(C(=O)NCCCN2CCN(c3ccccc3)CC2)cc1. The van der Waals surface area contributed by atoms with E-state index in [1.165, 1.54) is 16.4 Å². The van der Waals surface area contributed by atoms with E-state index in [1.807, 2.05) is 6.07 Å². The zero-order chi connectivity index (χ0) is 24.7. The first-order valence-electron chi connectivity index (χ1n) is 12.8. The van der Waals surface area contributed by atoms with Crippen LogP contribution in [0.5, 0.6) is 0 Å². The van der Waals surface area contributed by atoms with Gasteiger partial charge in [0, 0.05) is 57.1 Å². The molecular weight excluding hydrogens is 460 g/mol. The zero-order valence-corrected chi connectivity index (χ0v) is 21.5. The summed E-state index contributed by atoms with van der Waals surface area (Å²) in [5.41, 5.74) is 1.76. The monoisotopic (exact) mass is 498 g/mol. The van der Waals surface area contributed by atoms with Crippen molar-refractivity contribution in [3.63, 3.8) is 0 Å². The normalized spacial score (nSPS) is 18.1. The summed E-state index contributed by atoms with van der Waals surface area (Å²) < 4.78 is 27.5. The van der Waals surface area contributed by atoms with Crippen LogP contribution in [-0.4, -0.2) is 75.9 Å². The highest BCUT2D eigenvalue weighted by atomic mass is 32.2. The van der Waals surface area contributed by atoms with Crippen molar-refractivity contribution in [3.05, 3.63) is 60.2 Å². The number of anilines is 1. The van der Waals surface area contributed by atoms with Crippen molar-refractivity contribution >= 4 is 21.6 Å². The highest BCUT2D eigenvalue weighted by Crippen LogP contribution is 2.26. The minimum Gasteiger partial charge on any atom is -0.369 e. The molecule has 0 radical (unpaired) electrons. The van der Waals surface area contributed by atoms with Crippen LogP contribution in [0.25, 0.3) is 0 Å². The fraction of sp³-hybridized carbons (Fsp3) is 0.519. The molecule has 1 N–H and O–H groups in total. The summed E-state index contributed by atoms with van der Waals surface area (Å²) in [6.45, 7) is 5.63. The molecule has 0 spiro atoms. The smallest absolute Gasteiger partial charge is 0.251 e. The Labute approximate surface area is 210 Å². The van der Waals surface area contributed by atoms with Crippen molar-refractivity contribution in [2.75, 3.05) is 51.2 Å². The Morgan fingerprint density at radius 1 is 0.943 bits per heavy atom. The number of carbonyl (C=O) groups excluding carboxylic acids is 1. The molecule has 2 fully saturated rings. The van der Waals surface area contributed by atoms with Gasteiger partial charge in [-0.15, -0.1) is 0 Å². The van der Waals surface area contributed by atoms with Gasteiger partial charge in [-0.3, -0.25) is 9.69 Å². The maximum atomic E-state index is 13.0. The van der Waals surface area contributed by atoms with Gasteiger partial charge < -0.3 is 10.2 Å². The predicted molar refractivity (Wildman–Crippen MR) is 140 cm³/mol. The number of nitrogens with zero attached hydrogens (tertiary/aromatic N) is 3. The Morgan fingerprint density at radius 3 is 2.26 bits per heavy atom. The topological polar surface area (TPSA) is 73.0 Å². The molecular formula is C27H38N4O3S. The number of nitrogens with one attached hydrogen (secondary N) is 1. The maximum Gasteiger partial charge on any atom is 0.251 e. The van der Waals surface area contributed by atoms with Crippen molar-refractivity contribution in [1.82, 2.24) is 14.5 Å². The fourth-order valence-electron chi connectivity index (χ4n) is 5.06. The molecule has 0 bridgehead atoms. The molecule has 190 valence electrons. The van der Waals surface area contributed by atoms with Gasteiger partial charge in [0.2, 0.25) is 10.0 Å². The maximum absolute atomic E-state index is 13.0. The van der Waals surface area contributed by atoms with E-state index in [1.54, 1.807) is 31.3 Å². The second-order valence-electron chi connectivity index (χ2n) is 9.61. The van der Waals surface area contributed by atoms with Gasteiger partial charge in [-0.2, -0.15) is 4.31 Å². The molecule has 1 saturated carbocycles. The molecule has 0 atom stereocenters. The molecule has 35 heavy (non-hydrogen) atoms. The zero-order valence-electron chi connectivity index (χ0n) is 20.7. The minimum atomic E-state index is -3.54. The lowest BCUT2D eigenvalue weighted by molar-refractivity contribution is 0.0951. The molecule has 1 heterocycles. The summed E-state index contributed by atoms with van der Waals surface area (Å²) in [5.74, 6) is -0.163. The molecule has 4 rings (SSSR count). The lowest BCUT2D eigenvalue weighted by Gasteiger charge is -2.36. The van der Waals surface area contributed by atoms with Gasteiger partial charge in [0.05, 0.1) is 4.90 Å². The highest BCUT2D eigenvalue weighted by Gasteiger charge is 2.29. The van der Waals surface area contributed by atoms with Crippen LogP contribution in [0.3, 0.4) is 0 Å². The summed E-state index contributed by atoms with van der Waals surface area (Å²) in [5, 5.41) is 2.97. The molecule has 1 aliphatic heterocycles. The van der Waals surface area contributed by atoms with E-state index in [0.717, 1.165) is 64.8 Å². The molecule has 1 saturated heterocycles. The average molecular weight is 499 g/mol. The Kier molecular flexibility index (Phi) is 8.81. The number of hydrogen-bond donors (Lipinski definition) is 1. The number of sulfonamides is 1. The van der Waals surface area contributed by atoms with Crippen molar-refractivity contribution < 1.29 is 13.2 Å². The molecule has 2 aliphatic rings. The molecule has 1 amide bonds. The van der Waals surface area contributed by atoms with Gasteiger partial charge in [0.25, 0.3) is 5.91 Å². The summed E-state index contributed by atoms with van der Waals surface area (Å²) >= 11 is 0. The van der Waals surface area contributed by atoms with E-state index < -0.39 is 10.0 Å². The number of benzene rings is 2. The Balaban J connectivity index is 1.19. The van der Waals surface area contributed by atoms with E-state index in [9.17, 15) is 13.2 Å². The summed E-state index contributed by atoms with van der Waals surface area (Å²) in [7, 11) is -1.87. The number of hydrogen-bond acceptors (Lipinski definition) is 5. The predicted octanol–water partition coefficient (Wildman–Crippen LogP) is 3.58. The van der Waals surface area contributed by atoms with E-state index in [2.05, 4.69) is 39.4 Å².